The van der Waals surface area contributed by atoms with E-state index >= 15 is 0 Å². The molecule has 0 bridgehead atoms. The maximum atomic E-state index is 11.6. The first-order chi connectivity index (χ1) is 8.55. The Kier molecular flexibility index (Phi) is 5.51. The second kappa shape index (κ2) is 6.90. The molecule has 0 saturated heterocycles. The van der Waals surface area contributed by atoms with E-state index < -0.39 is 0 Å². The van der Waals surface area contributed by atoms with Crippen molar-refractivity contribution in [1.29, 1.82) is 0 Å². The fourth-order valence-electron chi connectivity index (χ4n) is 1.60. The summed E-state index contributed by atoms with van der Waals surface area (Å²) < 4.78 is 0. The van der Waals surface area contributed by atoms with Gasteiger partial charge in [0, 0.05) is 11.4 Å². The van der Waals surface area contributed by atoms with Crippen molar-refractivity contribution in [2.24, 2.45) is 0 Å². The lowest BCUT2D eigenvalue weighted by Crippen LogP contribution is -2.40. The summed E-state index contributed by atoms with van der Waals surface area (Å²) in [5.74, 6) is 0.321. The van der Waals surface area contributed by atoms with E-state index in [-0.39, 0.29) is 5.91 Å². The van der Waals surface area contributed by atoms with Crippen LogP contribution in [0.25, 0.3) is 0 Å². The van der Waals surface area contributed by atoms with Gasteiger partial charge in [-0.2, -0.15) is 0 Å². The Balaban J connectivity index is 2.47. The number of hydrogen-bond acceptors (Lipinski definition) is 5. The summed E-state index contributed by atoms with van der Waals surface area (Å²) in [5.41, 5.74) is 7.06. The second-order valence-electron chi connectivity index (χ2n) is 4.11. The fraction of sp³-hybridized carbons (Fsp3) is 0.583. The molecule has 0 aromatic carbocycles. The smallest absolute Gasteiger partial charge is 0.252 e. The molecule has 100 valence electrons. The van der Waals surface area contributed by atoms with Gasteiger partial charge in [0.2, 0.25) is 5.95 Å². The standard InChI is InChI=1S/C12H21N5O/c1-5-17(6-2)8-11(18)15-16-12-13-9(3)7-10(4)14-12/h7H,5-6,8H2,1-4H3,(H,15,18)(H,13,14,16). The molecule has 0 fully saturated rings. The Bertz CT molecular complexity index is 383. The first-order valence-corrected chi connectivity index (χ1v) is 6.14. The third kappa shape index (κ3) is 4.67. The highest BCUT2D eigenvalue weighted by atomic mass is 16.2. The number of aryl methyl sites for hydroxylation is 2. The quantitative estimate of drug-likeness (QED) is 0.734. The van der Waals surface area contributed by atoms with Crippen LogP contribution in [0.1, 0.15) is 25.2 Å². The molecule has 0 atom stereocenters. The number of carbonyl (C=O) groups excluding carboxylic acids is 1. The highest BCUT2D eigenvalue weighted by Gasteiger charge is 2.07. The molecule has 0 aliphatic carbocycles. The Hall–Kier alpha value is -1.69. The molecular weight excluding hydrogens is 230 g/mol. The van der Waals surface area contributed by atoms with Crippen molar-refractivity contribution in [1.82, 2.24) is 20.3 Å². The van der Waals surface area contributed by atoms with Crippen LogP contribution in [-0.2, 0) is 4.79 Å². The Morgan fingerprint density at radius 1 is 1.22 bits per heavy atom. The summed E-state index contributed by atoms with van der Waals surface area (Å²) in [6.07, 6.45) is 0. The maximum absolute atomic E-state index is 11.6. The van der Waals surface area contributed by atoms with Crippen LogP contribution in [0, 0.1) is 13.8 Å². The lowest BCUT2D eigenvalue weighted by atomic mass is 10.4. The SMILES string of the molecule is CCN(CC)CC(=O)NNc1nc(C)cc(C)n1. The van der Waals surface area contributed by atoms with Crippen molar-refractivity contribution >= 4 is 11.9 Å². The molecule has 0 aliphatic heterocycles. The number of nitrogens with one attached hydrogen (secondary N) is 2. The van der Waals surface area contributed by atoms with Gasteiger partial charge in [0.25, 0.3) is 5.91 Å². The third-order valence-corrected chi connectivity index (χ3v) is 2.56. The van der Waals surface area contributed by atoms with E-state index in [1.54, 1.807) is 0 Å². The lowest BCUT2D eigenvalue weighted by molar-refractivity contribution is -0.121. The van der Waals surface area contributed by atoms with E-state index in [9.17, 15) is 4.79 Å². The molecule has 0 spiro atoms. The summed E-state index contributed by atoms with van der Waals surface area (Å²) in [7, 11) is 0. The maximum Gasteiger partial charge on any atom is 0.252 e. The number of likely N-dealkylation sites (N-methyl/N-ethyl adjacent to an activating group) is 1. The van der Waals surface area contributed by atoms with Crippen LogP contribution in [0.4, 0.5) is 5.95 Å². The molecule has 18 heavy (non-hydrogen) atoms. The monoisotopic (exact) mass is 251 g/mol. The van der Waals surface area contributed by atoms with Gasteiger partial charge < -0.3 is 0 Å². The summed E-state index contributed by atoms with van der Waals surface area (Å²) in [6, 6.07) is 1.88. The van der Waals surface area contributed by atoms with Gasteiger partial charge >= 0.3 is 0 Å². The number of anilines is 1. The van der Waals surface area contributed by atoms with Crippen LogP contribution in [0.15, 0.2) is 6.07 Å². The molecule has 0 unspecified atom stereocenters. The first-order valence-electron chi connectivity index (χ1n) is 6.14. The Morgan fingerprint density at radius 2 is 1.78 bits per heavy atom. The molecule has 0 radical (unpaired) electrons. The van der Waals surface area contributed by atoms with Gasteiger partial charge in [0.05, 0.1) is 6.54 Å². The molecule has 0 saturated carbocycles. The predicted octanol–water partition coefficient (Wildman–Crippen LogP) is 0.878. The van der Waals surface area contributed by atoms with Gasteiger partial charge in [0.15, 0.2) is 0 Å². The van der Waals surface area contributed by atoms with Crippen molar-refractivity contribution in [3.05, 3.63) is 17.5 Å². The molecule has 1 aromatic rings. The van der Waals surface area contributed by atoms with Crippen molar-refractivity contribution in [2.75, 3.05) is 25.1 Å². The molecule has 0 aliphatic rings. The normalized spacial score (nSPS) is 10.5. The Morgan fingerprint density at radius 3 is 2.28 bits per heavy atom. The molecular formula is C12H21N5O. The van der Waals surface area contributed by atoms with Crippen molar-refractivity contribution in [3.63, 3.8) is 0 Å². The van der Waals surface area contributed by atoms with Crippen LogP contribution in [0.5, 0.6) is 0 Å². The number of carbonyl (C=O) groups is 1. The number of aromatic nitrogens is 2. The van der Waals surface area contributed by atoms with Crippen LogP contribution in [0.3, 0.4) is 0 Å². The second-order valence-corrected chi connectivity index (χ2v) is 4.11. The van der Waals surface area contributed by atoms with Gasteiger partial charge in [-0.05, 0) is 33.0 Å². The van der Waals surface area contributed by atoms with Crippen LogP contribution >= 0.6 is 0 Å². The highest BCUT2D eigenvalue weighted by molar-refractivity contribution is 5.78. The average Bonchev–Trinajstić information content (AvgIpc) is 2.32. The van der Waals surface area contributed by atoms with Gasteiger partial charge in [-0.3, -0.25) is 20.5 Å². The zero-order valence-electron chi connectivity index (χ0n) is 11.4. The fourth-order valence-corrected chi connectivity index (χ4v) is 1.60. The van der Waals surface area contributed by atoms with Gasteiger partial charge in [-0.15, -0.1) is 0 Å². The number of nitrogens with zero attached hydrogens (tertiary/aromatic N) is 3. The van der Waals surface area contributed by atoms with Crippen LogP contribution in [0.2, 0.25) is 0 Å². The molecule has 1 aromatic heterocycles. The average molecular weight is 251 g/mol. The zero-order chi connectivity index (χ0) is 13.5. The van der Waals surface area contributed by atoms with Crippen LogP contribution < -0.4 is 10.9 Å². The van der Waals surface area contributed by atoms with E-state index in [4.69, 9.17) is 0 Å². The lowest BCUT2D eigenvalue weighted by Gasteiger charge is -2.17. The third-order valence-electron chi connectivity index (χ3n) is 2.56. The van der Waals surface area contributed by atoms with E-state index in [0.717, 1.165) is 24.5 Å². The van der Waals surface area contributed by atoms with E-state index in [0.29, 0.717) is 12.5 Å². The largest absolute Gasteiger partial charge is 0.295 e. The highest BCUT2D eigenvalue weighted by Crippen LogP contribution is 2.02. The first kappa shape index (κ1) is 14.4. The topological polar surface area (TPSA) is 70.2 Å². The van der Waals surface area contributed by atoms with Crippen molar-refractivity contribution in [3.8, 4) is 0 Å². The molecule has 6 nitrogen and oxygen atoms in total. The number of rotatable bonds is 6. The summed E-state index contributed by atoms with van der Waals surface area (Å²) in [6.45, 7) is 9.89. The van der Waals surface area contributed by atoms with E-state index in [1.807, 2.05) is 38.7 Å². The van der Waals surface area contributed by atoms with Crippen molar-refractivity contribution in [2.45, 2.75) is 27.7 Å². The number of hydrazine groups is 1. The summed E-state index contributed by atoms with van der Waals surface area (Å²) in [5, 5.41) is 0. The van der Waals surface area contributed by atoms with Gasteiger partial charge in [-0.1, -0.05) is 13.8 Å². The minimum absolute atomic E-state index is 0.0959. The minimum Gasteiger partial charge on any atom is -0.295 e. The van der Waals surface area contributed by atoms with Crippen LogP contribution in [-0.4, -0.2) is 40.4 Å². The minimum atomic E-state index is -0.0959. The molecule has 2 N–H and O–H groups in total. The zero-order valence-corrected chi connectivity index (χ0v) is 11.4. The van der Waals surface area contributed by atoms with E-state index in [2.05, 4.69) is 20.8 Å². The molecule has 6 heteroatoms. The Labute approximate surface area is 108 Å². The summed E-state index contributed by atoms with van der Waals surface area (Å²) in [4.78, 5) is 22.0. The molecule has 1 amide bonds. The summed E-state index contributed by atoms with van der Waals surface area (Å²) >= 11 is 0. The predicted molar refractivity (Wildman–Crippen MR) is 71.1 cm³/mol. The van der Waals surface area contributed by atoms with Crippen molar-refractivity contribution < 1.29 is 4.79 Å². The number of amides is 1. The molecule has 1 heterocycles. The van der Waals surface area contributed by atoms with E-state index in [1.165, 1.54) is 0 Å². The van der Waals surface area contributed by atoms with Gasteiger partial charge in [0.1, 0.15) is 0 Å². The molecule has 1 rings (SSSR count). The number of hydrogen-bond donors (Lipinski definition) is 2. The van der Waals surface area contributed by atoms with Gasteiger partial charge in [-0.25, -0.2) is 9.97 Å².